The third-order valence-corrected chi connectivity index (χ3v) is 6.64. The summed E-state index contributed by atoms with van der Waals surface area (Å²) in [6.45, 7) is 14.5. The maximum Gasteiger partial charge on any atom is 0.338 e. The summed E-state index contributed by atoms with van der Waals surface area (Å²) >= 11 is 0. The van der Waals surface area contributed by atoms with Crippen LogP contribution in [0.2, 0.25) is 0 Å². The molecule has 5 nitrogen and oxygen atoms in total. The summed E-state index contributed by atoms with van der Waals surface area (Å²) in [5.41, 5.74) is 5.29. The van der Waals surface area contributed by atoms with Crippen LogP contribution in [0.3, 0.4) is 0 Å². The summed E-state index contributed by atoms with van der Waals surface area (Å²) in [7, 11) is 0. The molecule has 0 atom stereocenters. The molecule has 0 N–H and O–H groups in total. The van der Waals surface area contributed by atoms with Gasteiger partial charge in [0.25, 0.3) is 0 Å². The number of nitrogens with zero attached hydrogens (tertiary/aromatic N) is 2. The second-order valence-electron chi connectivity index (χ2n) is 8.45. The quantitative estimate of drug-likeness (QED) is 0.209. The van der Waals surface area contributed by atoms with Gasteiger partial charge in [0.1, 0.15) is 24.4 Å². The van der Waals surface area contributed by atoms with E-state index in [1.54, 1.807) is 0 Å². The van der Waals surface area contributed by atoms with E-state index in [0.29, 0.717) is 12.2 Å². The molecule has 1 heterocycles. The van der Waals surface area contributed by atoms with Crippen molar-refractivity contribution in [3.63, 3.8) is 0 Å². The Balaban J connectivity index is 0.00000361. The molecule has 4 rings (SSSR count). The molecule has 0 fully saturated rings. The number of hydrogen-bond acceptors (Lipinski definition) is 4. The number of halogens is 1. The van der Waals surface area contributed by atoms with Gasteiger partial charge in [0, 0.05) is 47.4 Å². The van der Waals surface area contributed by atoms with Crippen LogP contribution in [-0.4, -0.2) is 38.8 Å². The van der Waals surface area contributed by atoms with Gasteiger partial charge in [-0.05, 0) is 64.4 Å². The van der Waals surface area contributed by atoms with Crippen molar-refractivity contribution < 1.29 is 26.4 Å². The first-order valence-electron chi connectivity index (χ1n) is 12.7. The van der Waals surface area contributed by atoms with Crippen LogP contribution in [0, 0.1) is 0 Å². The van der Waals surface area contributed by atoms with E-state index in [-0.39, 0.29) is 18.4 Å². The number of anilines is 1. The van der Waals surface area contributed by atoms with E-state index in [1.165, 1.54) is 0 Å². The number of rotatable bonds is 8. The van der Waals surface area contributed by atoms with Crippen molar-refractivity contribution in [2.24, 2.45) is 0 Å². The van der Waals surface area contributed by atoms with Crippen molar-refractivity contribution in [2.45, 2.75) is 34.6 Å². The summed E-state index contributed by atoms with van der Waals surface area (Å²) in [6, 6.07) is 20.4. The third-order valence-electron chi connectivity index (χ3n) is 6.64. The van der Waals surface area contributed by atoms with Crippen molar-refractivity contribution in [3.8, 4) is 22.5 Å². The van der Waals surface area contributed by atoms with E-state index in [2.05, 4.69) is 73.6 Å². The second kappa shape index (κ2) is 12.1. The highest BCUT2D eigenvalue weighted by Gasteiger charge is 2.23. The Morgan fingerprint density at radius 1 is 0.889 bits per heavy atom. The number of carbonyl (C=O) groups excluding carboxylic acids is 1. The van der Waals surface area contributed by atoms with Crippen LogP contribution < -0.4 is 27.2 Å². The molecule has 2 aliphatic rings. The zero-order valence-electron chi connectivity index (χ0n) is 21.8. The first-order valence-corrected chi connectivity index (χ1v) is 12.7. The number of fused-ring (bicyclic) bond motifs is 2. The minimum atomic E-state index is -0.315. The van der Waals surface area contributed by atoms with Crippen molar-refractivity contribution in [2.75, 3.05) is 37.7 Å². The van der Waals surface area contributed by atoms with Crippen molar-refractivity contribution >= 4 is 22.6 Å². The highest BCUT2D eigenvalue weighted by atomic mass is 35.5. The van der Waals surface area contributed by atoms with Crippen LogP contribution in [0.1, 0.15) is 45.0 Å². The highest BCUT2D eigenvalue weighted by Crippen LogP contribution is 2.42. The Hall–Kier alpha value is -3.31. The number of hydrogen-bond donors (Lipinski definition) is 0. The predicted molar refractivity (Wildman–Crippen MR) is 144 cm³/mol. The van der Waals surface area contributed by atoms with Crippen LogP contribution in [-0.2, 0) is 4.74 Å². The van der Waals surface area contributed by atoms with E-state index in [1.807, 2.05) is 31.2 Å². The molecule has 0 amide bonds. The lowest BCUT2D eigenvalue weighted by atomic mass is 9.90. The SMILES string of the molecule is CCOC(=O)c1ccccc1-c1c2ccc(=[N+](CC)CC)cc-2oc2cc(N(CC)CC)ccc12.[Cl-]. The average Bonchev–Trinajstić information content (AvgIpc) is 2.88. The smallest absolute Gasteiger partial charge is 0.338 e. The van der Waals surface area contributed by atoms with E-state index >= 15 is 0 Å². The fraction of sp³-hybridized carbons (Fsp3) is 0.333. The molecule has 190 valence electrons. The van der Waals surface area contributed by atoms with Crippen LogP contribution in [0.4, 0.5) is 5.69 Å². The second-order valence-corrected chi connectivity index (χ2v) is 8.45. The lowest BCUT2D eigenvalue weighted by molar-refractivity contribution is -0.0000257. The van der Waals surface area contributed by atoms with Gasteiger partial charge in [-0.15, -0.1) is 0 Å². The molecule has 6 heteroatoms. The van der Waals surface area contributed by atoms with Crippen LogP contribution in [0.25, 0.3) is 33.4 Å². The molecular weight excluding hydrogens is 472 g/mol. The van der Waals surface area contributed by atoms with Crippen molar-refractivity contribution in [1.29, 1.82) is 0 Å². The summed E-state index contributed by atoms with van der Waals surface area (Å²) in [4.78, 5) is 15.2. The number of ether oxygens (including phenoxy) is 1. The molecular formula is C30H35ClN2O3. The van der Waals surface area contributed by atoms with Crippen LogP contribution in [0.15, 0.2) is 65.1 Å². The number of carbonyl (C=O) groups is 1. The molecule has 2 aromatic carbocycles. The van der Waals surface area contributed by atoms with Gasteiger partial charge in [0.05, 0.1) is 18.2 Å². The standard InChI is InChI=1S/C30H35N2O3.ClH/c1-6-31(7-2)21-15-17-25-27(19-21)35-28-20-22(32(8-3)9-4)16-18-26(28)29(25)23-13-11-12-14-24(23)30(33)34-10-5;/h11-20H,6-10H2,1-5H3;1H/q+1;/p-1. The highest BCUT2D eigenvalue weighted by molar-refractivity contribution is 6.08. The average molecular weight is 507 g/mol. The third kappa shape index (κ3) is 5.12. The lowest BCUT2D eigenvalue weighted by Crippen LogP contribution is -3.00. The minimum Gasteiger partial charge on any atom is -1.00 e. The Morgan fingerprint density at radius 3 is 2.28 bits per heavy atom. The summed E-state index contributed by atoms with van der Waals surface area (Å²) in [5.74, 6) is 0.483. The van der Waals surface area contributed by atoms with Crippen molar-refractivity contribution in [1.82, 2.24) is 4.58 Å². The maximum absolute atomic E-state index is 12.9. The predicted octanol–water partition coefficient (Wildman–Crippen LogP) is 3.04. The van der Waals surface area contributed by atoms with E-state index in [0.717, 1.165) is 70.6 Å². The van der Waals surface area contributed by atoms with Gasteiger partial charge in [-0.3, -0.25) is 0 Å². The number of benzene rings is 3. The lowest BCUT2D eigenvalue weighted by Gasteiger charge is -2.22. The van der Waals surface area contributed by atoms with Gasteiger partial charge in [0.15, 0.2) is 0 Å². The monoisotopic (exact) mass is 506 g/mol. The van der Waals surface area contributed by atoms with E-state index in [9.17, 15) is 4.79 Å². The molecule has 36 heavy (non-hydrogen) atoms. The van der Waals surface area contributed by atoms with Gasteiger partial charge < -0.3 is 26.5 Å². The zero-order valence-corrected chi connectivity index (χ0v) is 22.6. The largest absolute Gasteiger partial charge is 1.00 e. The molecule has 0 aromatic heterocycles. The van der Waals surface area contributed by atoms with Gasteiger partial charge >= 0.3 is 5.97 Å². The first-order chi connectivity index (χ1) is 17.1. The Kier molecular flexibility index (Phi) is 9.16. The van der Waals surface area contributed by atoms with Gasteiger partial charge in [0.2, 0.25) is 5.36 Å². The molecule has 0 saturated heterocycles. The van der Waals surface area contributed by atoms with E-state index < -0.39 is 0 Å². The molecule has 2 aromatic rings. The Morgan fingerprint density at radius 2 is 1.61 bits per heavy atom. The number of esters is 1. The Bertz CT molecular complexity index is 1380. The topological polar surface area (TPSA) is 45.7 Å². The van der Waals surface area contributed by atoms with Gasteiger partial charge in [-0.25, -0.2) is 9.37 Å². The normalized spacial score (nSPS) is 10.8. The van der Waals surface area contributed by atoms with Crippen LogP contribution >= 0.6 is 0 Å². The molecule has 0 bridgehead atoms. The summed E-state index contributed by atoms with van der Waals surface area (Å²) < 4.78 is 14.2. The summed E-state index contributed by atoms with van der Waals surface area (Å²) in [6.07, 6.45) is 0. The molecule has 0 saturated carbocycles. The first kappa shape index (κ1) is 27.3. The van der Waals surface area contributed by atoms with Gasteiger partial charge in [-0.1, -0.05) is 18.2 Å². The molecule has 0 spiro atoms. The molecule has 1 aliphatic carbocycles. The zero-order chi connectivity index (χ0) is 24.9. The van der Waals surface area contributed by atoms with E-state index in [4.69, 9.17) is 9.15 Å². The fourth-order valence-corrected chi connectivity index (χ4v) is 4.82. The van der Waals surface area contributed by atoms with Crippen molar-refractivity contribution in [3.05, 3.63) is 71.6 Å². The molecule has 1 aliphatic heterocycles. The fourth-order valence-electron chi connectivity index (χ4n) is 4.82. The minimum absolute atomic E-state index is 0. The maximum atomic E-state index is 12.9. The molecule has 0 unspecified atom stereocenters. The van der Waals surface area contributed by atoms with Gasteiger partial charge in [-0.2, -0.15) is 0 Å². The molecule has 0 radical (unpaired) electrons. The summed E-state index contributed by atoms with van der Waals surface area (Å²) in [5, 5.41) is 2.09. The Labute approximate surface area is 219 Å². The van der Waals surface area contributed by atoms with Crippen LogP contribution in [0.5, 0.6) is 0 Å².